The van der Waals surface area contributed by atoms with E-state index in [0.717, 1.165) is 23.3 Å². The van der Waals surface area contributed by atoms with E-state index < -0.39 is 5.97 Å². The second-order valence-corrected chi connectivity index (χ2v) is 6.67. The number of H-pyrrole nitrogens is 1. The fourth-order valence-corrected chi connectivity index (χ4v) is 3.34. The van der Waals surface area contributed by atoms with Gasteiger partial charge < -0.3 is 9.84 Å². The standard InChI is InChI=1S/C23H21N3O3/c1-3-14-5-7-15(8-6-14)19-13-18(23(27)28)20-21(25-26-22(20)24-19)16-9-11-17(12-10-16)29-4-2/h5-13H,3-4H2,1-2H3,(H,27,28)(H,24,25,26). The minimum Gasteiger partial charge on any atom is -0.494 e. The van der Waals surface area contributed by atoms with Gasteiger partial charge in [0.05, 0.1) is 28.9 Å². The van der Waals surface area contributed by atoms with Gasteiger partial charge in [-0.2, -0.15) is 5.10 Å². The zero-order valence-corrected chi connectivity index (χ0v) is 16.3. The van der Waals surface area contributed by atoms with Gasteiger partial charge in [-0.25, -0.2) is 9.78 Å². The number of carbonyl (C=O) groups is 1. The summed E-state index contributed by atoms with van der Waals surface area (Å²) in [4.78, 5) is 16.6. The Morgan fingerprint density at radius 1 is 1.03 bits per heavy atom. The number of carboxylic acids is 1. The van der Waals surface area contributed by atoms with Crippen LogP contribution in [0, 0.1) is 0 Å². The highest BCUT2D eigenvalue weighted by Crippen LogP contribution is 2.32. The van der Waals surface area contributed by atoms with Crippen molar-refractivity contribution in [2.45, 2.75) is 20.3 Å². The van der Waals surface area contributed by atoms with Gasteiger partial charge in [0, 0.05) is 11.1 Å². The molecule has 2 aromatic carbocycles. The molecule has 2 heterocycles. The first-order valence-electron chi connectivity index (χ1n) is 9.55. The maximum Gasteiger partial charge on any atom is 0.336 e. The van der Waals surface area contributed by atoms with Crippen LogP contribution in [0.25, 0.3) is 33.5 Å². The molecule has 0 bridgehead atoms. The van der Waals surface area contributed by atoms with Crippen LogP contribution in [-0.4, -0.2) is 32.9 Å². The van der Waals surface area contributed by atoms with Crippen molar-refractivity contribution in [3.8, 4) is 28.3 Å². The highest BCUT2D eigenvalue weighted by atomic mass is 16.5. The summed E-state index contributed by atoms with van der Waals surface area (Å²) < 4.78 is 5.48. The van der Waals surface area contributed by atoms with Gasteiger partial charge in [0.25, 0.3) is 0 Å². The molecule has 0 radical (unpaired) electrons. The number of pyridine rings is 1. The largest absolute Gasteiger partial charge is 0.494 e. The van der Waals surface area contributed by atoms with Gasteiger partial charge in [-0.3, -0.25) is 5.10 Å². The Kier molecular flexibility index (Phi) is 4.99. The number of rotatable bonds is 6. The number of fused-ring (bicyclic) bond motifs is 1. The van der Waals surface area contributed by atoms with Crippen LogP contribution in [0.2, 0.25) is 0 Å². The molecule has 0 saturated carbocycles. The molecule has 6 nitrogen and oxygen atoms in total. The lowest BCUT2D eigenvalue weighted by molar-refractivity contribution is 0.0699. The summed E-state index contributed by atoms with van der Waals surface area (Å²) in [5, 5.41) is 17.6. The number of nitrogens with zero attached hydrogens (tertiary/aromatic N) is 2. The van der Waals surface area contributed by atoms with Gasteiger partial charge in [0.15, 0.2) is 5.65 Å². The number of ether oxygens (including phenoxy) is 1. The molecule has 0 aliphatic rings. The van der Waals surface area contributed by atoms with Crippen LogP contribution >= 0.6 is 0 Å². The molecule has 2 N–H and O–H groups in total. The van der Waals surface area contributed by atoms with E-state index in [4.69, 9.17) is 4.74 Å². The number of aromatic amines is 1. The van der Waals surface area contributed by atoms with E-state index in [9.17, 15) is 9.90 Å². The van der Waals surface area contributed by atoms with Crippen LogP contribution in [0.5, 0.6) is 5.75 Å². The van der Waals surface area contributed by atoms with Crippen molar-refractivity contribution in [3.63, 3.8) is 0 Å². The van der Waals surface area contributed by atoms with Gasteiger partial charge in [-0.1, -0.05) is 31.2 Å². The first-order valence-corrected chi connectivity index (χ1v) is 9.55. The summed E-state index contributed by atoms with van der Waals surface area (Å²) in [6, 6.07) is 17.0. The number of hydrogen-bond donors (Lipinski definition) is 2. The van der Waals surface area contributed by atoms with Gasteiger partial charge in [-0.05, 0) is 49.2 Å². The average molecular weight is 387 g/mol. The molecule has 0 aliphatic carbocycles. The fourth-order valence-electron chi connectivity index (χ4n) is 3.34. The highest BCUT2D eigenvalue weighted by Gasteiger charge is 2.19. The van der Waals surface area contributed by atoms with Crippen molar-refractivity contribution in [1.82, 2.24) is 15.2 Å². The summed E-state index contributed by atoms with van der Waals surface area (Å²) in [7, 11) is 0. The number of benzene rings is 2. The first-order chi connectivity index (χ1) is 14.1. The number of aryl methyl sites for hydroxylation is 1. The van der Waals surface area contributed by atoms with Crippen LogP contribution < -0.4 is 4.74 Å². The Hall–Kier alpha value is -3.67. The SMILES string of the molecule is CCOc1ccc(-c2[nH]nc3nc(-c4ccc(CC)cc4)cc(C(=O)O)c23)cc1. The topological polar surface area (TPSA) is 88.1 Å². The molecule has 4 aromatic rings. The van der Waals surface area contributed by atoms with Gasteiger partial charge in [-0.15, -0.1) is 0 Å². The highest BCUT2D eigenvalue weighted by molar-refractivity contribution is 6.08. The summed E-state index contributed by atoms with van der Waals surface area (Å²) >= 11 is 0. The number of hydrogen-bond acceptors (Lipinski definition) is 4. The van der Waals surface area contributed by atoms with Gasteiger partial charge >= 0.3 is 5.97 Å². The van der Waals surface area contributed by atoms with Crippen LogP contribution in [-0.2, 0) is 6.42 Å². The van der Waals surface area contributed by atoms with Crippen LogP contribution in [0.4, 0.5) is 0 Å². The van der Waals surface area contributed by atoms with Crippen molar-refractivity contribution in [3.05, 3.63) is 65.7 Å². The molecule has 0 spiro atoms. The van der Waals surface area contributed by atoms with Crippen LogP contribution in [0.15, 0.2) is 54.6 Å². The number of nitrogens with one attached hydrogen (secondary N) is 1. The zero-order valence-electron chi connectivity index (χ0n) is 16.3. The molecule has 4 rings (SSSR count). The molecule has 2 aromatic heterocycles. The average Bonchev–Trinajstić information content (AvgIpc) is 3.18. The van der Waals surface area contributed by atoms with Crippen molar-refractivity contribution < 1.29 is 14.6 Å². The minimum absolute atomic E-state index is 0.169. The fraction of sp³-hybridized carbons (Fsp3) is 0.174. The maximum absolute atomic E-state index is 12.0. The molecular weight excluding hydrogens is 366 g/mol. The Balaban J connectivity index is 1.83. The Labute approximate surface area is 168 Å². The molecule has 29 heavy (non-hydrogen) atoms. The van der Waals surface area contributed by atoms with Crippen molar-refractivity contribution in [1.29, 1.82) is 0 Å². The normalized spacial score (nSPS) is 11.0. The third kappa shape index (κ3) is 3.57. The molecule has 0 atom stereocenters. The summed E-state index contributed by atoms with van der Waals surface area (Å²) in [6.07, 6.45) is 0.942. The molecule has 0 saturated heterocycles. The molecule has 0 amide bonds. The van der Waals surface area contributed by atoms with Gasteiger partial charge in [0.2, 0.25) is 0 Å². The Morgan fingerprint density at radius 3 is 2.34 bits per heavy atom. The number of aromatic carboxylic acids is 1. The van der Waals surface area contributed by atoms with E-state index in [0.29, 0.717) is 29.0 Å². The van der Waals surface area contributed by atoms with Crippen molar-refractivity contribution >= 4 is 17.0 Å². The van der Waals surface area contributed by atoms with E-state index in [1.807, 2.05) is 55.5 Å². The summed E-state index contributed by atoms with van der Waals surface area (Å²) in [5.41, 5.74) is 4.65. The minimum atomic E-state index is -1.02. The smallest absolute Gasteiger partial charge is 0.336 e. The molecule has 0 unspecified atom stereocenters. The van der Waals surface area contributed by atoms with Crippen LogP contribution in [0.3, 0.4) is 0 Å². The Morgan fingerprint density at radius 2 is 1.72 bits per heavy atom. The third-order valence-electron chi connectivity index (χ3n) is 4.87. The van der Waals surface area contributed by atoms with Gasteiger partial charge in [0.1, 0.15) is 5.75 Å². The lowest BCUT2D eigenvalue weighted by Gasteiger charge is -2.07. The van der Waals surface area contributed by atoms with Crippen molar-refractivity contribution in [2.24, 2.45) is 0 Å². The van der Waals surface area contributed by atoms with E-state index in [2.05, 4.69) is 22.1 Å². The monoisotopic (exact) mass is 387 g/mol. The maximum atomic E-state index is 12.0. The lowest BCUT2D eigenvalue weighted by atomic mass is 10.0. The predicted molar refractivity (Wildman–Crippen MR) is 112 cm³/mol. The molecular formula is C23H21N3O3. The zero-order chi connectivity index (χ0) is 20.4. The molecule has 0 aliphatic heterocycles. The third-order valence-corrected chi connectivity index (χ3v) is 4.87. The first kappa shape index (κ1) is 18.7. The van der Waals surface area contributed by atoms with E-state index >= 15 is 0 Å². The predicted octanol–water partition coefficient (Wildman–Crippen LogP) is 4.95. The second kappa shape index (κ2) is 7.75. The van der Waals surface area contributed by atoms with Crippen LogP contribution in [0.1, 0.15) is 29.8 Å². The number of carboxylic acid groups (broad SMARTS) is 1. The van der Waals surface area contributed by atoms with Crippen molar-refractivity contribution in [2.75, 3.05) is 6.61 Å². The lowest BCUT2D eigenvalue weighted by Crippen LogP contribution is -2.00. The number of aromatic nitrogens is 3. The van der Waals surface area contributed by atoms with E-state index in [1.165, 1.54) is 5.56 Å². The Bertz CT molecular complexity index is 1160. The second-order valence-electron chi connectivity index (χ2n) is 6.67. The molecule has 6 heteroatoms. The summed E-state index contributed by atoms with van der Waals surface area (Å²) in [5.74, 6) is -0.258. The quantitative estimate of drug-likeness (QED) is 0.489. The molecule has 146 valence electrons. The summed E-state index contributed by atoms with van der Waals surface area (Å²) in [6.45, 7) is 4.60. The molecule has 0 fully saturated rings. The van der Waals surface area contributed by atoms with E-state index in [-0.39, 0.29) is 5.56 Å². The van der Waals surface area contributed by atoms with E-state index in [1.54, 1.807) is 6.07 Å².